The second kappa shape index (κ2) is 6.04. The van der Waals surface area contributed by atoms with Crippen LogP contribution in [0.15, 0.2) is 35.1 Å². The number of unbranched alkanes of at least 4 members (excludes halogenated alkanes) is 1. The van der Waals surface area contributed by atoms with E-state index >= 15 is 0 Å². The maximum absolute atomic E-state index is 11.0. The molecule has 19 heavy (non-hydrogen) atoms. The number of ether oxygens (including phenoxy) is 1. The van der Waals surface area contributed by atoms with Gasteiger partial charge in [-0.3, -0.25) is 0 Å². The Morgan fingerprint density at radius 2 is 2.11 bits per heavy atom. The fourth-order valence-electron chi connectivity index (χ4n) is 1.64. The minimum Gasteiger partial charge on any atom is -0.494 e. The zero-order chi connectivity index (χ0) is 13.7. The first-order chi connectivity index (χ1) is 9.22. The number of hydrogen-bond acceptors (Lipinski definition) is 4. The number of carboxylic acid groups (broad SMARTS) is 1. The molecule has 1 N–H and O–H groups in total. The van der Waals surface area contributed by atoms with Crippen molar-refractivity contribution in [2.24, 2.45) is 0 Å². The van der Waals surface area contributed by atoms with Crippen LogP contribution in [0.3, 0.4) is 0 Å². The Kier molecular flexibility index (Phi) is 4.18. The van der Waals surface area contributed by atoms with Gasteiger partial charge in [0.2, 0.25) is 0 Å². The summed E-state index contributed by atoms with van der Waals surface area (Å²) in [5.74, 6) is -0.0896. The van der Waals surface area contributed by atoms with Crippen molar-refractivity contribution in [3.8, 4) is 17.1 Å². The molecule has 1 heterocycles. The van der Waals surface area contributed by atoms with E-state index in [4.69, 9.17) is 14.3 Å². The number of aromatic carboxylic acids is 1. The molecule has 0 aliphatic carbocycles. The van der Waals surface area contributed by atoms with Gasteiger partial charge in [0.1, 0.15) is 5.75 Å². The molecule has 0 bridgehead atoms. The predicted octanol–water partition coefficient (Wildman–Crippen LogP) is 3.22. The monoisotopic (exact) mass is 261 g/mol. The Bertz CT molecular complexity index is 545. The summed E-state index contributed by atoms with van der Waals surface area (Å²) in [6, 6.07) is 7.10. The lowest BCUT2D eigenvalue weighted by atomic mass is 10.1. The third-order valence-electron chi connectivity index (χ3n) is 2.65. The summed E-state index contributed by atoms with van der Waals surface area (Å²) in [6.45, 7) is 2.78. The largest absolute Gasteiger partial charge is 0.494 e. The molecule has 2 aromatic rings. The van der Waals surface area contributed by atoms with Crippen molar-refractivity contribution in [1.29, 1.82) is 0 Å². The van der Waals surface area contributed by atoms with Crippen LogP contribution >= 0.6 is 0 Å². The van der Waals surface area contributed by atoms with Crippen LogP contribution in [0.4, 0.5) is 0 Å². The van der Waals surface area contributed by atoms with Gasteiger partial charge in [-0.1, -0.05) is 13.3 Å². The lowest BCUT2D eigenvalue weighted by molar-refractivity contribution is 0.0691. The van der Waals surface area contributed by atoms with E-state index in [9.17, 15) is 4.79 Å². The van der Waals surface area contributed by atoms with Gasteiger partial charge in [-0.05, 0) is 30.7 Å². The van der Waals surface area contributed by atoms with E-state index in [0.29, 0.717) is 12.2 Å². The molecule has 0 atom stereocenters. The summed E-state index contributed by atoms with van der Waals surface area (Å²) in [7, 11) is 0. The zero-order valence-electron chi connectivity index (χ0n) is 10.6. The summed E-state index contributed by atoms with van der Waals surface area (Å²) in [5, 5.41) is 8.97. The van der Waals surface area contributed by atoms with Crippen LogP contribution in [-0.2, 0) is 0 Å². The fourth-order valence-corrected chi connectivity index (χ4v) is 1.64. The zero-order valence-corrected chi connectivity index (χ0v) is 10.6. The van der Waals surface area contributed by atoms with E-state index < -0.39 is 5.97 Å². The first kappa shape index (κ1) is 13.1. The first-order valence-corrected chi connectivity index (χ1v) is 6.12. The van der Waals surface area contributed by atoms with Gasteiger partial charge < -0.3 is 14.3 Å². The van der Waals surface area contributed by atoms with Gasteiger partial charge in [0, 0.05) is 5.56 Å². The Morgan fingerprint density at radius 1 is 1.37 bits per heavy atom. The standard InChI is InChI=1S/C14H15NO4/c1-2-3-8-18-11-6-4-10(5-7-11)13-12(14(16)17)15-9-19-13/h4-7,9H,2-3,8H2,1H3,(H,16,17). The molecule has 1 aromatic heterocycles. The molecule has 5 nitrogen and oxygen atoms in total. The minimum atomic E-state index is -1.10. The van der Waals surface area contributed by atoms with Crippen molar-refractivity contribution in [1.82, 2.24) is 4.98 Å². The summed E-state index contributed by atoms with van der Waals surface area (Å²) < 4.78 is 10.7. The number of carboxylic acids is 1. The highest BCUT2D eigenvalue weighted by atomic mass is 16.5. The molecule has 1 aromatic carbocycles. The second-order valence-electron chi connectivity index (χ2n) is 4.06. The SMILES string of the molecule is CCCCOc1ccc(-c2ocnc2C(=O)O)cc1. The minimum absolute atomic E-state index is 0.0837. The van der Waals surface area contributed by atoms with E-state index in [2.05, 4.69) is 11.9 Å². The van der Waals surface area contributed by atoms with Crippen LogP contribution in [0.2, 0.25) is 0 Å². The molecule has 0 radical (unpaired) electrons. The van der Waals surface area contributed by atoms with Gasteiger partial charge >= 0.3 is 5.97 Å². The second-order valence-corrected chi connectivity index (χ2v) is 4.06. The third kappa shape index (κ3) is 3.13. The molecule has 0 aliphatic heterocycles. The molecular formula is C14H15NO4. The van der Waals surface area contributed by atoms with Crippen molar-refractivity contribution in [3.63, 3.8) is 0 Å². The Labute approximate surface area is 110 Å². The van der Waals surface area contributed by atoms with Crippen molar-refractivity contribution in [2.75, 3.05) is 6.61 Å². The van der Waals surface area contributed by atoms with Crippen molar-refractivity contribution in [3.05, 3.63) is 36.4 Å². The van der Waals surface area contributed by atoms with Crippen LogP contribution in [0.25, 0.3) is 11.3 Å². The number of benzene rings is 1. The van der Waals surface area contributed by atoms with Crippen LogP contribution < -0.4 is 4.74 Å². The highest BCUT2D eigenvalue weighted by molar-refractivity contribution is 5.92. The highest BCUT2D eigenvalue weighted by Crippen LogP contribution is 2.25. The normalized spacial score (nSPS) is 10.4. The number of rotatable bonds is 6. The average molecular weight is 261 g/mol. The van der Waals surface area contributed by atoms with E-state index in [-0.39, 0.29) is 11.5 Å². The van der Waals surface area contributed by atoms with Gasteiger partial charge in [0.05, 0.1) is 6.61 Å². The first-order valence-electron chi connectivity index (χ1n) is 6.12. The molecular weight excluding hydrogens is 246 g/mol. The molecule has 0 fully saturated rings. The molecule has 0 saturated heterocycles. The van der Waals surface area contributed by atoms with Gasteiger partial charge in [-0.2, -0.15) is 0 Å². The average Bonchev–Trinajstić information content (AvgIpc) is 2.89. The molecule has 0 aliphatic rings. The quantitative estimate of drug-likeness (QED) is 0.808. The number of oxazole rings is 1. The van der Waals surface area contributed by atoms with E-state index in [1.165, 1.54) is 0 Å². The Morgan fingerprint density at radius 3 is 2.74 bits per heavy atom. The highest BCUT2D eigenvalue weighted by Gasteiger charge is 2.16. The molecule has 0 spiro atoms. The Balaban J connectivity index is 2.13. The van der Waals surface area contributed by atoms with E-state index in [0.717, 1.165) is 25.0 Å². The van der Waals surface area contributed by atoms with Crippen molar-refractivity contribution in [2.45, 2.75) is 19.8 Å². The van der Waals surface area contributed by atoms with Crippen LogP contribution in [0.5, 0.6) is 5.75 Å². The molecule has 2 rings (SSSR count). The lowest BCUT2D eigenvalue weighted by Gasteiger charge is -2.05. The smallest absolute Gasteiger partial charge is 0.358 e. The summed E-state index contributed by atoms with van der Waals surface area (Å²) in [5.41, 5.74) is 0.581. The lowest BCUT2D eigenvalue weighted by Crippen LogP contribution is -1.99. The molecule has 0 saturated carbocycles. The maximum Gasteiger partial charge on any atom is 0.358 e. The molecule has 0 unspecified atom stereocenters. The molecule has 100 valence electrons. The van der Waals surface area contributed by atoms with Gasteiger partial charge in [0.15, 0.2) is 17.8 Å². The summed E-state index contributed by atoms with van der Waals surface area (Å²) in [6.07, 6.45) is 3.22. The number of nitrogens with zero attached hydrogens (tertiary/aromatic N) is 1. The van der Waals surface area contributed by atoms with Crippen LogP contribution in [0, 0.1) is 0 Å². The summed E-state index contributed by atoms with van der Waals surface area (Å²) >= 11 is 0. The number of carbonyl (C=O) groups is 1. The van der Waals surface area contributed by atoms with Crippen LogP contribution in [0.1, 0.15) is 30.3 Å². The van der Waals surface area contributed by atoms with E-state index in [1.54, 1.807) is 24.3 Å². The fraction of sp³-hybridized carbons (Fsp3) is 0.286. The van der Waals surface area contributed by atoms with Gasteiger partial charge in [-0.25, -0.2) is 9.78 Å². The maximum atomic E-state index is 11.0. The van der Waals surface area contributed by atoms with Crippen molar-refractivity contribution >= 4 is 5.97 Å². The number of hydrogen-bond donors (Lipinski definition) is 1. The molecule has 5 heteroatoms. The summed E-state index contributed by atoms with van der Waals surface area (Å²) in [4.78, 5) is 14.6. The van der Waals surface area contributed by atoms with Crippen LogP contribution in [-0.4, -0.2) is 22.7 Å². The predicted molar refractivity (Wildman–Crippen MR) is 69.3 cm³/mol. The third-order valence-corrected chi connectivity index (χ3v) is 2.65. The number of aromatic nitrogens is 1. The molecule has 0 amide bonds. The topological polar surface area (TPSA) is 72.6 Å². The van der Waals surface area contributed by atoms with Gasteiger partial charge in [0.25, 0.3) is 0 Å². The van der Waals surface area contributed by atoms with E-state index in [1.807, 2.05) is 0 Å². The van der Waals surface area contributed by atoms with Crippen molar-refractivity contribution < 1.29 is 19.1 Å². The Hall–Kier alpha value is -2.30. The van der Waals surface area contributed by atoms with Gasteiger partial charge in [-0.15, -0.1) is 0 Å².